The Labute approximate surface area is 196 Å². The normalized spacial score (nSPS) is 21.1. The molecule has 2 aromatic carbocycles. The maximum absolute atomic E-state index is 13.4. The second-order valence-corrected chi connectivity index (χ2v) is 10.2. The zero-order valence-corrected chi connectivity index (χ0v) is 20.1. The molecular formula is C28H33NO4. The van der Waals surface area contributed by atoms with Crippen molar-refractivity contribution in [3.05, 3.63) is 70.3 Å². The lowest BCUT2D eigenvalue weighted by molar-refractivity contribution is -0.141. The van der Waals surface area contributed by atoms with Crippen molar-refractivity contribution in [1.82, 2.24) is 4.90 Å². The van der Waals surface area contributed by atoms with Crippen LogP contribution in [-0.2, 0) is 15.0 Å². The predicted octanol–water partition coefficient (Wildman–Crippen LogP) is 5.67. The molecule has 2 aromatic rings. The molecule has 1 unspecified atom stereocenters. The summed E-state index contributed by atoms with van der Waals surface area (Å²) in [5.41, 5.74) is 3.28. The van der Waals surface area contributed by atoms with Gasteiger partial charge in [-0.25, -0.2) is 0 Å². The zero-order valence-electron chi connectivity index (χ0n) is 20.1. The summed E-state index contributed by atoms with van der Waals surface area (Å²) < 4.78 is 5.54. The first-order valence-corrected chi connectivity index (χ1v) is 11.7. The average molecular weight is 448 g/mol. The number of carbonyl (C=O) groups is 2. The van der Waals surface area contributed by atoms with Crippen molar-refractivity contribution in [2.45, 2.75) is 70.9 Å². The summed E-state index contributed by atoms with van der Waals surface area (Å²) in [5.74, 6) is -0.861. The fourth-order valence-corrected chi connectivity index (χ4v) is 5.11. The number of amides is 1. The summed E-state index contributed by atoms with van der Waals surface area (Å²) >= 11 is 0. The lowest BCUT2D eigenvalue weighted by atomic mass is 9.85. The van der Waals surface area contributed by atoms with Crippen molar-refractivity contribution in [2.24, 2.45) is 0 Å². The van der Waals surface area contributed by atoms with E-state index in [-0.39, 0.29) is 22.8 Å². The van der Waals surface area contributed by atoms with E-state index < -0.39 is 17.7 Å². The van der Waals surface area contributed by atoms with Gasteiger partial charge in [0.05, 0.1) is 24.3 Å². The molecule has 0 aromatic heterocycles. The molecule has 1 amide bonds. The predicted molar refractivity (Wildman–Crippen MR) is 129 cm³/mol. The van der Waals surface area contributed by atoms with Crippen molar-refractivity contribution in [1.29, 1.82) is 0 Å². The van der Waals surface area contributed by atoms with Gasteiger partial charge in [-0.2, -0.15) is 0 Å². The highest BCUT2D eigenvalue weighted by atomic mass is 16.5. The van der Waals surface area contributed by atoms with Crippen LogP contribution in [0.5, 0.6) is 5.75 Å². The highest BCUT2D eigenvalue weighted by Gasteiger charge is 2.49. The first kappa shape index (κ1) is 23.1. The summed E-state index contributed by atoms with van der Waals surface area (Å²) in [4.78, 5) is 28.5. The maximum Gasteiger partial charge on any atom is 0.295 e. The van der Waals surface area contributed by atoms with E-state index in [9.17, 15) is 14.7 Å². The Morgan fingerprint density at radius 3 is 2.33 bits per heavy atom. The number of nitrogens with zero attached hydrogens (tertiary/aromatic N) is 1. The Morgan fingerprint density at radius 2 is 1.73 bits per heavy atom. The van der Waals surface area contributed by atoms with Crippen molar-refractivity contribution in [3.8, 4) is 5.75 Å². The van der Waals surface area contributed by atoms with Crippen LogP contribution in [0.25, 0.3) is 5.76 Å². The number of aliphatic hydroxyl groups is 1. The van der Waals surface area contributed by atoms with Crippen LogP contribution in [0, 0.1) is 6.92 Å². The fraction of sp³-hybridized carbons (Fsp3) is 0.429. The highest BCUT2D eigenvalue weighted by molar-refractivity contribution is 6.46. The lowest BCUT2D eigenvalue weighted by Crippen LogP contribution is -2.37. The van der Waals surface area contributed by atoms with Crippen molar-refractivity contribution < 1.29 is 19.4 Å². The summed E-state index contributed by atoms with van der Waals surface area (Å²) in [7, 11) is 1.54. The molecule has 1 aliphatic carbocycles. The number of ketones is 1. The number of aliphatic hydroxyl groups excluding tert-OH is 1. The number of benzene rings is 2. The molecule has 1 saturated heterocycles. The fourth-order valence-electron chi connectivity index (χ4n) is 5.11. The third kappa shape index (κ3) is 4.05. The SMILES string of the molecule is COc1ccc(C(C)(C)C)cc1/C(O)=C1\C(=O)C(=O)N(C2CCCC2)C1c1ccccc1C. The first-order valence-electron chi connectivity index (χ1n) is 11.7. The monoisotopic (exact) mass is 447 g/mol. The van der Waals surface area contributed by atoms with Gasteiger partial charge in [-0.05, 0) is 54.0 Å². The molecule has 33 heavy (non-hydrogen) atoms. The smallest absolute Gasteiger partial charge is 0.295 e. The number of carbonyl (C=O) groups excluding carboxylic acids is 2. The molecule has 1 N–H and O–H groups in total. The summed E-state index contributed by atoms with van der Waals surface area (Å²) in [5, 5.41) is 11.6. The lowest BCUT2D eigenvalue weighted by Gasteiger charge is -2.31. The van der Waals surface area contributed by atoms with Gasteiger partial charge < -0.3 is 14.7 Å². The Morgan fingerprint density at radius 1 is 1.06 bits per heavy atom. The number of ether oxygens (including phenoxy) is 1. The zero-order chi connectivity index (χ0) is 23.9. The van der Waals surface area contributed by atoms with Gasteiger partial charge in [-0.3, -0.25) is 9.59 Å². The number of likely N-dealkylation sites (tertiary alicyclic amines) is 1. The quantitative estimate of drug-likeness (QED) is 0.373. The molecule has 5 nitrogen and oxygen atoms in total. The van der Waals surface area contributed by atoms with Crippen molar-refractivity contribution >= 4 is 17.4 Å². The van der Waals surface area contributed by atoms with Crippen LogP contribution in [0.3, 0.4) is 0 Å². The molecule has 1 heterocycles. The van der Waals surface area contributed by atoms with E-state index in [4.69, 9.17) is 4.74 Å². The topological polar surface area (TPSA) is 66.8 Å². The van der Waals surface area contributed by atoms with Gasteiger partial charge in [0.15, 0.2) is 0 Å². The molecule has 5 heteroatoms. The van der Waals surface area contributed by atoms with Crippen LogP contribution in [-0.4, -0.2) is 34.8 Å². The number of aryl methyl sites for hydroxylation is 1. The highest BCUT2D eigenvalue weighted by Crippen LogP contribution is 2.45. The van der Waals surface area contributed by atoms with E-state index in [1.807, 2.05) is 49.4 Å². The van der Waals surface area contributed by atoms with Gasteiger partial charge in [-0.1, -0.05) is 63.9 Å². The molecule has 174 valence electrons. The Kier molecular flexibility index (Phi) is 6.08. The summed E-state index contributed by atoms with van der Waals surface area (Å²) in [6.45, 7) is 8.24. The van der Waals surface area contributed by atoms with E-state index in [1.165, 1.54) is 0 Å². The summed E-state index contributed by atoms with van der Waals surface area (Å²) in [6.07, 6.45) is 3.82. The van der Waals surface area contributed by atoms with Crippen molar-refractivity contribution in [3.63, 3.8) is 0 Å². The molecule has 1 saturated carbocycles. The number of methoxy groups -OCH3 is 1. The van der Waals surface area contributed by atoms with Crippen LogP contribution in [0.4, 0.5) is 0 Å². The Hall–Kier alpha value is -3.08. The number of Topliss-reactive ketones (excluding diaryl/α,β-unsaturated/α-hetero) is 1. The van der Waals surface area contributed by atoms with Crippen LogP contribution in [0.15, 0.2) is 48.0 Å². The van der Waals surface area contributed by atoms with Gasteiger partial charge in [-0.15, -0.1) is 0 Å². The van der Waals surface area contributed by atoms with Gasteiger partial charge in [0.2, 0.25) is 0 Å². The molecule has 2 fully saturated rings. The molecule has 0 spiro atoms. The third-order valence-corrected chi connectivity index (χ3v) is 7.00. The first-order chi connectivity index (χ1) is 15.6. The number of rotatable bonds is 4. The molecule has 1 atom stereocenters. The second kappa shape index (κ2) is 8.69. The largest absolute Gasteiger partial charge is 0.507 e. The van der Waals surface area contributed by atoms with Gasteiger partial charge in [0.25, 0.3) is 11.7 Å². The van der Waals surface area contributed by atoms with E-state index >= 15 is 0 Å². The van der Waals surface area contributed by atoms with Crippen LogP contribution in [0.1, 0.15) is 74.8 Å². The number of hydrogen-bond acceptors (Lipinski definition) is 4. The molecule has 1 aliphatic heterocycles. The van der Waals surface area contributed by atoms with E-state index in [1.54, 1.807) is 12.0 Å². The molecule has 2 aliphatic rings. The Balaban J connectivity index is 1.96. The molecule has 4 rings (SSSR count). The minimum absolute atomic E-state index is 0.000777. The Bertz CT molecular complexity index is 1120. The van der Waals surface area contributed by atoms with Crippen LogP contribution < -0.4 is 4.74 Å². The maximum atomic E-state index is 13.4. The summed E-state index contributed by atoms with van der Waals surface area (Å²) in [6, 6.07) is 12.8. The minimum atomic E-state index is -0.629. The average Bonchev–Trinajstić information content (AvgIpc) is 3.39. The standard InChI is InChI=1S/C28H33NO4/c1-17-10-6-9-13-20(17)24-23(26(31)27(32)29(24)19-11-7-8-12-19)25(30)21-16-18(28(2,3)4)14-15-22(21)33-5/h6,9-10,13-16,19,24,30H,7-8,11-12H2,1-5H3/b25-23+. The molecule has 0 bridgehead atoms. The van der Waals surface area contributed by atoms with Gasteiger partial charge >= 0.3 is 0 Å². The second-order valence-electron chi connectivity index (χ2n) is 10.2. The van der Waals surface area contributed by atoms with Crippen LogP contribution in [0.2, 0.25) is 0 Å². The van der Waals surface area contributed by atoms with Gasteiger partial charge in [0.1, 0.15) is 11.5 Å². The number of hydrogen-bond donors (Lipinski definition) is 1. The van der Waals surface area contributed by atoms with Gasteiger partial charge in [0, 0.05) is 6.04 Å². The third-order valence-electron chi connectivity index (χ3n) is 7.00. The van der Waals surface area contributed by atoms with Crippen molar-refractivity contribution in [2.75, 3.05) is 7.11 Å². The van der Waals surface area contributed by atoms with Crippen LogP contribution >= 0.6 is 0 Å². The van der Waals surface area contributed by atoms with E-state index in [2.05, 4.69) is 20.8 Å². The molecule has 0 radical (unpaired) electrons. The molecular weight excluding hydrogens is 414 g/mol. The van der Waals surface area contributed by atoms with E-state index in [0.717, 1.165) is 42.4 Å². The minimum Gasteiger partial charge on any atom is -0.507 e. The van der Waals surface area contributed by atoms with E-state index in [0.29, 0.717) is 11.3 Å².